The molecule has 126 valence electrons. The highest BCUT2D eigenvalue weighted by Crippen LogP contribution is 2.27. The number of carbonyl (C=O) groups excluding carboxylic acids is 1. The number of rotatable bonds is 7. The number of hydrogen-bond donors (Lipinski definition) is 0. The van der Waals surface area contributed by atoms with Crippen molar-refractivity contribution < 1.29 is 23.7 Å². The number of benzene rings is 2. The Hall–Kier alpha value is -2.95. The molecule has 0 unspecified atom stereocenters. The molecule has 0 spiro atoms. The Bertz CT molecular complexity index is 721. The number of ether oxygens (including phenoxy) is 4. The van der Waals surface area contributed by atoms with E-state index < -0.39 is 5.97 Å². The lowest BCUT2D eigenvalue weighted by Crippen LogP contribution is -2.05. The molecule has 0 aromatic heterocycles. The van der Waals surface area contributed by atoms with Gasteiger partial charge in [0, 0.05) is 17.7 Å². The first-order valence-electron chi connectivity index (χ1n) is 7.51. The van der Waals surface area contributed by atoms with Gasteiger partial charge in [-0.15, -0.1) is 0 Å². The third kappa shape index (κ3) is 4.52. The van der Waals surface area contributed by atoms with Crippen LogP contribution in [-0.2, 0) is 4.79 Å². The van der Waals surface area contributed by atoms with E-state index in [4.69, 9.17) is 18.9 Å². The van der Waals surface area contributed by atoms with Crippen molar-refractivity contribution in [1.29, 1.82) is 0 Å². The molecular weight excluding hydrogens is 308 g/mol. The summed E-state index contributed by atoms with van der Waals surface area (Å²) in [6.45, 7) is 2.36. The third-order valence-corrected chi connectivity index (χ3v) is 3.20. The van der Waals surface area contributed by atoms with Crippen LogP contribution in [-0.4, -0.2) is 26.8 Å². The van der Waals surface area contributed by atoms with E-state index in [9.17, 15) is 4.79 Å². The fourth-order valence-electron chi connectivity index (χ4n) is 2.07. The predicted octanol–water partition coefficient (Wildman–Crippen LogP) is 3.72. The van der Waals surface area contributed by atoms with Crippen LogP contribution in [0.5, 0.6) is 23.0 Å². The molecule has 2 aromatic carbocycles. The summed E-state index contributed by atoms with van der Waals surface area (Å²) >= 11 is 0. The Morgan fingerprint density at radius 2 is 1.75 bits per heavy atom. The molecule has 0 saturated heterocycles. The molecule has 0 radical (unpaired) electrons. The van der Waals surface area contributed by atoms with Crippen LogP contribution in [0.3, 0.4) is 0 Å². The summed E-state index contributed by atoms with van der Waals surface area (Å²) in [6.07, 6.45) is 2.97. The van der Waals surface area contributed by atoms with E-state index in [1.54, 1.807) is 56.7 Å². The monoisotopic (exact) mass is 328 g/mol. The van der Waals surface area contributed by atoms with Crippen LogP contribution in [0.2, 0.25) is 0 Å². The molecule has 24 heavy (non-hydrogen) atoms. The lowest BCUT2D eigenvalue weighted by Gasteiger charge is -2.09. The molecule has 0 bridgehead atoms. The Labute approximate surface area is 141 Å². The van der Waals surface area contributed by atoms with Gasteiger partial charge in [-0.3, -0.25) is 0 Å². The van der Waals surface area contributed by atoms with E-state index in [1.165, 1.54) is 6.08 Å². The molecule has 2 rings (SSSR count). The van der Waals surface area contributed by atoms with Crippen LogP contribution in [0.4, 0.5) is 0 Å². The summed E-state index contributed by atoms with van der Waals surface area (Å²) in [4.78, 5) is 12.0. The quantitative estimate of drug-likeness (QED) is 0.440. The fraction of sp³-hybridized carbons (Fsp3) is 0.211. The third-order valence-electron chi connectivity index (χ3n) is 3.20. The van der Waals surface area contributed by atoms with Gasteiger partial charge in [-0.25, -0.2) is 4.79 Å². The molecule has 0 aliphatic rings. The van der Waals surface area contributed by atoms with Gasteiger partial charge in [0.15, 0.2) is 11.5 Å². The number of methoxy groups -OCH3 is 2. The first-order chi connectivity index (χ1) is 11.7. The van der Waals surface area contributed by atoms with E-state index >= 15 is 0 Å². The van der Waals surface area contributed by atoms with Gasteiger partial charge >= 0.3 is 5.97 Å². The van der Waals surface area contributed by atoms with E-state index in [-0.39, 0.29) is 0 Å². The largest absolute Gasteiger partial charge is 0.497 e. The molecule has 0 amide bonds. The first kappa shape index (κ1) is 17.4. The summed E-state index contributed by atoms with van der Waals surface area (Å²) < 4.78 is 21.2. The van der Waals surface area contributed by atoms with E-state index in [2.05, 4.69) is 0 Å². The molecule has 0 heterocycles. The van der Waals surface area contributed by atoms with Crippen LogP contribution in [0.1, 0.15) is 12.5 Å². The molecule has 0 saturated carbocycles. The second-order valence-electron chi connectivity index (χ2n) is 4.74. The smallest absolute Gasteiger partial charge is 0.336 e. The maximum absolute atomic E-state index is 12.0. The number of para-hydroxylation sites is 2. The van der Waals surface area contributed by atoms with Gasteiger partial charge in [0.1, 0.15) is 11.5 Å². The van der Waals surface area contributed by atoms with Gasteiger partial charge < -0.3 is 18.9 Å². The normalized spacial score (nSPS) is 10.5. The zero-order valence-electron chi connectivity index (χ0n) is 13.9. The lowest BCUT2D eigenvalue weighted by molar-refractivity contribution is -0.129. The fourth-order valence-corrected chi connectivity index (χ4v) is 2.07. The van der Waals surface area contributed by atoms with Crippen molar-refractivity contribution in [2.75, 3.05) is 20.8 Å². The van der Waals surface area contributed by atoms with Crippen molar-refractivity contribution in [3.05, 3.63) is 54.1 Å². The van der Waals surface area contributed by atoms with Crippen LogP contribution in [0.25, 0.3) is 6.08 Å². The number of hydrogen-bond acceptors (Lipinski definition) is 5. The highest BCUT2D eigenvalue weighted by Gasteiger charge is 2.08. The second kappa shape index (κ2) is 8.62. The zero-order valence-corrected chi connectivity index (χ0v) is 13.9. The Kier molecular flexibility index (Phi) is 6.25. The molecule has 0 atom stereocenters. The Morgan fingerprint density at radius 1 is 1.00 bits per heavy atom. The highest BCUT2D eigenvalue weighted by molar-refractivity contribution is 5.89. The summed E-state index contributed by atoms with van der Waals surface area (Å²) in [6, 6.07) is 12.4. The molecule has 2 aromatic rings. The van der Waals surface area contributed by atoms with Gasteiger partial charge in [0.2, 0.25) is 0 Å². The first-order valence-corrected chi connectivity index (χ1v) is 7.51. The topological polar surface area (TPSA) is 54.0 Å². The summed E-state index contributed by atoms with van der Waals surface area (Å²) in [7, 11) is 3.14. The lowest BCUT2D eigenvalue weighted by atomic mass is 10.2. The van der Waals surface area contributed by atoms with Gasteiger partial charge in [0.25, 0.3) is 0 Å². The van der Waals surface area contributed by atoms with Crippen molar-refractivity contribution in [2.24, 2.45) is 0 Å². The Morgan fingerprint density at radius 3 is 2.42 bits per heavy atom. The highest BCUT2D eigenvalue weighted by atomic mass is 16.6. The van der Waals surface area contributed by atoms with Gasteiger partial charge in [-0.2, -0.15) is 0 Å². The number of carbonyl (C=O) groups is 1. The maximum Gasteiger partial charge on any atom is 0.336 e. The van der Waals surface area contributed by atoms with E-state index in [0.29, 0.717) is 29.6 Å². The van der Waals surface area contributed by atoms with Crippen LogP contribution in [0.15, 0.2) is 48.5 Å². The van der Waals surface area contributed by atoms with E-state index in [0.717, 1.165) is 5.56 Å². The van der Waals surface area contributed by atoms with Crippen molar-refractivity contribution >= 4 is 12.0 Å². The minimum atomic E-state index is -0.500. The van der Waals surface area contributed by atoms with Crippen molar-refractivity contribution in [3.8, 4) is 23.0 Å². The van der Waals surface area contributed by atoms with E-state index in [1.807, 2.05) is 13.0 Å². The summed E-state index contributed by atoms with van der Waals surface area (Å²) in [5, 5.41) is 0. The second-order valence-corrected chi connectivity index (χ2v) is 4.74. The molecule has 0 aliphatic heterocycles. The predicted molar refractivity (Wildman–Crippen MR) is 91.8 cm³/mol. The molecule has 5 nitrogen and oxygen atoms in total. The van der Waals surface area contributed by atoms with Crippen molar-refractivity contribution in [1.82, 2.24) is 0 Å². The minimum absolute atomic E-state index is 0.385. The summed E-state index contributed by atoms with van der Waals surface area (Å²) in [5.74, 6) is 1.70. The van der Waals surface area contributed by atoms with Gasteiger partial charge in [0.05, 0.1) is 20.8 Å². The van der Waals surface area contributed by atoms with Crippen molar-refractivity contribution in [3.63, 3.8) is 0 Å². The Balaban J connectivity index is 2.11. The van der Waals surface area contributed by atoms with Crippen LogP contribution >= 0.6 is 0 Å². The average Bonchev–Trinajstić information content (AvgIpc) is 2.61. The molecule has 0 fully saturated rings. The maximum atomic E-state index is 12.0. The molecule has 0 aliphatic carbocycles. The van der Waals surface area contributed by atoms with Crippen LogP contribution in [0, 0.1) is 0 Å². The van der Waals surface area contributed by atoms with Gasteiger partial charge in [-0.05, 0) is 37.3 Å². The summed E-state index contributed by atoms with van der Waals surface area (Å²) in [5.41, 5.74) is 0.744. The SMILES string of the molecule is CCOc1ccccc1OC(=O)C=Cc1ccc(OC)cc1OC. The number of esters is 1. The zero-order chi connectivity index (χ0) is 17.4. The average molecular weight is 328 g/mol. The van der Waals surface area contributed by atoms with Gasteiger partial charge in [-0.1, -0.05) is 12.1 Å². The molecule has 0 N–H and O–H groups in total. The molecule has 5 heteroatoms. The standard InChI is InChI=1S/C19H20O5/c1-4-23-16-7-5-6-8-17(16)24-19(20)12-10-14-9-11-15(21-2)13-18(14)22-3/h5-13H,4H2,1-3H3. The van der Waals surface area contributed by atoms with Crippen LogP contribution < -0.4 is 18.9 Å². The molecular formula is C19H20O5. The minimum Gasteiger partial charge on any atom is -0.497 e. The van der Waals surface area contributed by atoms with Crippen molar-refractivity contribution in [2.45, 2.75) is 6.92 Å².